The molecule has 4 rings (SSSR count). The Morgan fingerprint density at radius 1 is 0.983 bits per heavy atom. The van der Waals surface area contributed by atoms with Gasteiger partial charge in [-0.15, -0.1) is 11.8 Å². The fourth-order valence-electron chi connectivity index (χ4n) is 6.17. The van der Waals surface area contributed by atoms with Gasteiger partial charge in [-0.25, -0.2) is 17.9 Å². The molecule has 0 saturated carbocycles. The molecule has 314 valence electrons. The predicted molar refractivity (Wildman–Crippen MR) is 222 cm³/mol. The summed E-state index contributed by atoms with van der Waals surface area (Å²) in [7, 11) is -3.99. The van der Waals surface area contributed by atoms with E-state index in [1.165, 1.54) is 30.1 Å². The number of aryl methyl sites for hydroxylation is 1. The normalized spacial score (nSPS) is 18.3. The van der Waals surface area contributed by atoms with Crippen LogP contribution >= 0.6 is 11.8 Å². The zero-order valence-electron chi connectivity index (χ0n) is 33.5. The summed E-state index contributed by atoms with van der Waals surface area (Å²) in [6.07, 6.45) is 2.78. The van der Waals surface area contributed by atoms with Crippen LogP contribution in [0.3, 0.4) is 0 Å². The number of aliphatic imine (C=N–C) groups is 1. The second-order valence-electron chi connectivity index (χ2n) is 15.7. The Morgan fingerprint density at radius 3 is 2.26 bits per heavy atom. The number of hydrogen-bond acceptors (Lipinski definition) is 11. The summed E-state index contributed by atoms with van der Waals surface area (Å²) in [6, 6.07) is 15.3. The van der Waals surface area contributed by atoms with Crippen LogP contribution in [-0.2, 0) is 42.2 Å². The van der Waals surface area contributed by atoms with E-state index in [2.05, 4.69) is 36.0 Å². The van der Waals surface area contributed by atoms with Crippen molar-refractivity contribution in [1.29, 1.82) is 0 Å². The lowest BCUT2D eigenvalue weighted by Gasteiger charge is -2.34. The van der Waals surface area contributed by atoms with Crippen LogP contribution in [0, 0.1) is 12.3 Å². The number of amides is 3. The number of alkyl carbamates (subject to hydrolysis) is 1. The van der Waals surface area contributed by atoms with E-state index in [4.69, 9.17) is 10.5 Å². The molecule has 0 bridgehead atoms. The lowest BCUT2D eigenvalue weighted by atomic mass is 9.85. The molecular formula is C40H54N8O8S2. The zero-order chi connectivity index (χ0) is 42.7. The van der Waals surface area contributed by atoms with E-state index < -0.39 is 73.6 Å². The fraction of sp³-hybridized carbons (Fsp3) is 0.450. The number of aromatic nitrogens is 1. The average molecular weight is 839 g/mol. The molecule has 2 aromatic carbocycles. The number of pyridine rings is 1. The minimum Gasteiger partial charge on any atom is -0.480 e. The van der Waals surface area contributed by atoms with E-state index in [1.54, 1.807) is 51.2 Å². The summed E-state index contributed by atoms with van der Waals surface area (Å²) < 4.78 is 32.4. The van der Waals surface area contributed by atoms with Gasteiger partial charge in [0.05, 0.1) is 16.3 Å². The van der Waals surface area contributed by atoms with Crippen molar-refractivity contribution in [3.8, 4) is 0 Å². The summed E-state index contributed by atoms with van der Waals surface area (Å²) in [5, 5.41) is 21.2. The summed E-state index contributed by atoms with van der Waals surface area (Å²) in [5.74, 6) is -2.53. The molecule has 1 fully saturated rings. The first-order valence-electron chi connectivity index (χ1n) is 18.8. The van der Waals surface area contributed by atoms with Crippen molar-refractivity contribution >= 4 is 51.6 Å². The SMILES string of the molecule is Cc1ccc(S(=O)(=O)NC(N)=NCCC[C@H](NC(=O)OCc2cccnc2)C(=O)N[C@H](C(=O)NC(Cc2ccccc2)C2N[C@@H](C(=O)O)C(C)(C)S2)C(C)(C)C)cc1. The largest absolute Gasteiger partial charge is 0.480 e. The molecule has 2 unspecified atom stereocenters. The van der Waals surface area contributed by atoms with Gasteiger partial charge in [0.2, 0.25) is 17.8 Å². The Bertz CT molecular complexity index is 2010. The molecule has 0 aliphatic carbocycles. The molecule has 16 nitrogen and oxygen atoms in total. The number of thioether (sulfide) groups is 1. The maximum Gasteiger partial charge on any atom is 0.408 e. The number of nitrogens with one attached hydrogen (secondary N) is 5. The number of carbonyl (C=O) groups is 4. The van der Waals surface area contributed by atoms with Crippen LogP contribution in [0.5, 0.6) is 0 Å². The van der Waals surface area contributed by atoms with Crippen molar-refractivity contribution in [3.05, 3.63) is 95.8 Å². The number of guanidine groups is 1. The lowest BCUT2D eigenvalue weighted by molar-refractivity contribution is -0.140. The average Bonchev–Trinajstić information content (AvgIpc) is 3.49. The van der Waals surface area contributed by atoms with Crippen LogP contribution in [0.15, 0.2) is 89.0 Å². The Kier molecular flexibility index (Phi) is 15.7. The molecule has 3 aromatic rings. The Morgan fingerprint density at radius 2 is 1.66 bits per heavy atom. The summed E-state index contributed by atoms with van der Waals surface area (Å²) >= 11 is 1.42. The van der Waals surface area contributed by atoms with E-state index >= 15 is 0 Å². The van der Waals surface area contributed by atoms with Gasteiger partial charge in [-0.2, -0.15) is 0 Å². The van der Waals surface area contributed by atoms with Crippen LogP contribution < -0.4 is 31.7 Å². The summed E-state index contributed by atoms with van der Waals surface area (Å²) in [4.78, 5) is 61.6. The highest BCUT2D eigenvalue weighted by molar-refractivity contribution is 8.01. The standard InChI is InChI=1S/C40H54N8O8S2/c1-25-16-18-28(19-17-25)58(54,55)48-37(41)43-21-11-15-29(45-38(53)56-24-27-14-10-20-42-23-27)33(49)46-31(39(2,3)4)34(50)44-30(22-26-12-8-7-9-13-26)35-47-32(36(51)52)40(5,6)57-35/h7-10,12-14,16-20,23,29-32,35,47H,11,15,21-22,24H2,1-6H3,(H,44,50)(H,45,53)(H,46,49)(H,51,52)(H3,41,43,48)/t29-,30?,31+,32-,35?/m0/s1. The number of hydrogen-bond donors (Lipinski definition) is 7. The molecule has 58 heavy (non-hydrogen) atoms. The van der Waals surface area contributed by atoms with E-state index in [9.17, 15) is 32.7 Å². The van der Waals surface area contributed by atoms with Crippen LogP contribution in [0.1, 0.15) is 64.2 Å². The van der Waals surface area contributed by atoms with Gasteiger partial charge in [0.1, 0.15) is 24.7 Å². The molecular weight excluding hydrogens is 785 g/mol. The minimum absolute atomic E-state index is 0.0114. The molecule has 0 radical (unpaired) electrons. The number of rotatable bonds is 17. The number of carboxylic acid groups (broad SMARTS) is 1. The highest BCUT2D eigenvalue weighted by Crippen LogP contribution is 2.40. The molecule has 3 amide bonds. The molecule has 2 heterocycles. The van der Waals surface area contributed by atoms with Gasteiger partial charge < -0.3 is 31.5 Å². The second kappa shape index (κ2) is 20.0. The van der Waals surface area contributed by atoms with Gasteiger partial charge in [-0.3, -0.25) is 29.7 Å². The number of carbonyl (C=O) groups excluding carboxylic acids is 3. The van der Waals surface area contributed by atoms with Gasteiger partial charge in [0.15, 0.2) is 0 Å². The number of nitrogens with zero attached hydrogens (tertiary/aromatic N) is 2. The van der Waals surface area contributed by atoms with Gasteiger partial charge in [-0.1, -0.05) is 74.9 Å². The van der Waals surface area contributed by atoms with E-state index in [0.717, 1.165) is 11.1 Å². The Balaban J connectivity index is 1.50. The van der Waals surface area contributed by atoms with E-state index in [0.29, 0.717) is 12.0 Å². The van der Waals surface area contributed by atoms with Crippen molar-refractivity contribution in [3.63, 3.8) is 0 Å². The summed E-state index contributed by atoms with van der Waals surface area (Å²) in [6.45, 7) is 10.7. The number of aliphatic carboxylic acids is 1. The maximum absolute atomic E-state index is 14.2. The maximum atomic E-state index is 14.2. The van der Waals surface area contributed by atoms with Crippen LogP contribution in [0.2, 0.25) is 0 Å². The van der Waals surface area contributed by atoms with Gasteiger partial charge in [0.25, 0.3) is 10.0 Å². The van der Waals surface area contributed by atoms with Crippen molar-refractivity contribution in [2.75, 3.05) is 6.54 Å². The van der Waals surface area contributed by atoms with Crippen LogP contribution in [0.25, 0.3) is 0 Å². The number of ether oxygens (including phenoxy) is 1. The van der Waals surface area contributed by atoms with Crippen molar-refractivity contribution < 1.29 is 37.4 Å². The summed E-state index contributed by atoms with van der Waals surface area (Å²) in [5.41, 5.74) is 7.51. The molecule has 1 aliphatic heterocycles. The topological polar surface area (TPSA) is 243 Å². The highest BCUT2D eigenvalue weighted by Gasteiger charge is 2.48. The quantitative estimate of drug-likeness (QED) is 0.0589. The van der Waals surface area contributed by atoms with Crippen LogP contribution in [0.4, 0.5) is 4.79 Å². The molecule has 5 atom stereocenters. The zero-order valence-corrected chi connectivity index (χ0v) is 35.2. The number of sulfonamides is 1. The number of carboxylic acids is 1. The fourth-order valence-corrected chi connectivity index (χ4v) is 8.62. The van der Waals surface area contributed by atoms with Crippen LogP contribution in [-0.4, -0.2) is 89.2 Å². The first-order valence-corrected chi connectivity index (χ1v) is 21.1. The molecule has 1 saturated heterocycles. The van der Waals surface area contributed by atoms with E-state index in [1.807, 2.05) is 51.1 Å². The highest BCUT2D eigenvalue weighted by atomic mass is 32.2. The van der Waals surface area contributed by atoms with Crippen molar-refractivity contribution in [2.45, 2.75) is 107 Å². The Hall–Kier alpha value is -5.20. The third kappa shape index (κ3) is 13.4. The smallest absolute Gasteiger partial charge is 0.408 e. The third-order valence-electron chi connectivity index (χ3n) is 9.31. The molecule has 18 heteroatoms. The van der Waals surface area contributed by atoms with Gasteiger partial charge >= 0.3 is 12.1 Å². The van der Waals surface area contributed by atoms with Gasteiger partial charge in [-0.05, 0) is 69.2 Å². The van der Waals surface area contributed by atoms with Crippen molar-refractivity contribution in [2.24, 2.45) is 16.1 Å². The first-order chi connectivity index (χ1) is 27.2. The lowest BCUT2D eigenvalue weighted by Crippen LogP contribution is -2.61. The first kappa shape index (κ1) is 45.5. The number of nitrogens with two attached hydrogens (primary N) is 1. The molecule has 1 aromatic heterocycles. The molecule has 1 aliphatic rings. The Labute approximate surface area is 344 Å². The second-order valence-corrected chi connectivity index (χ2v) is 19.1. The number of benzene rings is 2. The van der Waals surface area contributed by atoms with Gasteiger partial charge in [0, 0.05) is 29.2 Å². The monoisotopic (exact) mass is 838 g/mol. The third-order valence-corrected chi connectivity index (χ3v) is 12.2. The van der Waals surface area contributed by atoms with Crippen molar-refractivity contribution in [1.82, 2.24) is 31.0 Å². The predicted octanol–water partition coefficient (Wildman–Crippen LogP) is 3.21. The minimum atomic E-state index is -3.99. The molecule has 8 N–H and O–H groups in total. The molecule has 0 spiro atoms. The van der Waals surface area contributed by atoms with E-state index in [-0.39, 0.29) is 36.8 Å².